The Morgan fingerprint density at radius 2 is 2.06 bits per heavy atom. The number of amides is 2. The number of nitrogens with one attached hydrogen (secondary N) is 3. The van der Waals surface area contributed by atoms with Crippen LogP contribution in [0.3, 0.4) is 0 Å². The number of hydrogen-bond acceptors (Lipinski definition) is 3. The molecule has 1 saturated carbocycles. The fourth-order valence-corrected chi connectivity index (χ4v) is 1.28. The smallest absolute Gasteiger partial charge is 0.242 e. The summed E-state index contributed by atoms with van der Waals surface area (Å²) in [5.74, 6) is -0.243. The van der Waals surface area contributed by atoms with Crippen LogP contribution in [0.15, 0.2) is 0 Å². The van der Waals surface area contributed by atoms with Gasteiger partial charge in [-0.2, -0.15) is 0 Å². The maximum absolute atomic E-state index is 11.4. The fraction of sp³-hybridized carbons (Fsp3) is 0.818. The monoisotopic (exact) mass is 227 g/mol. The second-order valence-electron chi connectivity index (χ2n) is 4.24. The van der Waals surface area contributed by atoms with Crippen LogP contribution in [0.2, 0.25) is 0 Å². The van der Waals surface area contributed by atoms with Gasteiger partial charge in [-0.3, -0.25) is 9.59 Å². The number of hydrogen-bond donors (Lipinski definition) is 3. The highest BCUT2D eigenvalue weighted by molar-refractivity contribution is 5.87. The van der Waals surface area contributed by atoms with Crippen LogP contribution in [0, 0.1) is 0 Å². The standard InChI is InChI=1S/C11H21N3O2/c1-3-6-12-11(16)8(2)14-10(15)7-13-9-4-5-9/h8-9,13H,3-7H2,1-2H3,(H,12,16)(H,14,15). The summed E-state index contributed by atoms with van der Waals surface area (Å²) in [6.07, 6.45) is 3.20. The van der Waals surface area contributed by atoms with Crippen LogP contribution >= 0.6 is 0 Å². The Bertz CT molecular complexity index is 252. The fourth-order valence-electron chi connectivity index (χ4n) is 1.28. The van der Waals surface area contributed by atoms with Crippen molar-refractivity contribution in [3.05, 3.63) is 0 Å². The number of rotatable bonds is 7. The minimum Gasteiger partial charge on any atom is -0.354 e. The van der Waals surface area contributed by atoms with E-state index in [-0.39, 0.29) is 11.8 Å². The van der Waals surface area contributed by atoms with E-state index in [0.29, 0.717) is 19.1 Å². The van der Waals surface area contributed by atoms with Gasteiger partial charge in [0.05, 0.1) is 6.54 Å². The van der Waals surface area contributed by atoms with Crippen molar-refractivity contribution in [3.63, 3.8) is 0 Å². The molecule has 3 N–H and O–H groups in total. The highest BCUT2D eigenvalue weighted by Crippen LogP contribution is 2.17. The van der Waals surface area contributed by atoms with Gasteiger partial charge in [0.25, 0.3) is 0 Å². The van der Waals surface area contributed by atoms with Gasteiger partial charge in [0.2, 0.25) is 11.8 Å². The van der Waals surface area contributed by atoms with Crippen molar-refractivity contribution in [3.8, 4) is 0 Å². The minimum atomic E-state index is -0.458. The lowest BCUT2D eigenvalue weighted by Gasteiger charge is -2.13. The highest BCUT2D eigenvalue weighted by atomic mass is 16.2. The van der Waals surface area contributed by atoms with Gasteiger partial charge in [0.1, 0.15) is 6.04 Å². The number of carbonyl (C=O) groups is 2. The molecule has 16 heavy (non-hydrogen) atoms. The molecule has 2 amide bonds. The SMILES string of the molecule is CCCNC(=O)C(C)NC(=O)CNC1CC1. The summed E-state index contributed by atoms with van der Waals surface area (Å²) >= 11 is 0. The molecule has 5 nitrogen and oxygen atoms in total. The van der Waals surface area contributed by atoms with Crippen molar-refractivity contribution in [2.45, 2.75) is 45.2 Å². The predicted molar refractivity (Wildman–Crippen MR) is 61.9 cm³/mol. The average Bonchev–Trinajstić information content (AvgIpc) is 3.06. The third kappa shape index (κ3) is 5.11. The summed E-state index contributed by atoms with van der Waals surface area (Å²) < 4.78 is 0. The highest BCUT2D eigenvalue weighted by Gasteiger charge is 2.22. The minimum absolute atomic E-state index is 0.119. The van der Waals surface area contributed by atoms with Crippen LogP contribution < -0.4 is 16.0 Å². The van der Waals surface area contributed by atoms with Gasteiger partial charge in [-0.1, -0.05) is 6.92 Å². The summed E-state index contributed by atoms with van der Waals surface area (Å²) in [5, 5.41) is 8.50. The van der Waals surface area contributed by atoms with Gasteiger partial charge in [-0.05, 0) is 26.2 Å². The Kier molecular flexibility index (Phi) is 5.25. The molecule has 0 aromatic carbocycles. The molecular formula is C11H21N3O2. The van der Waals surface area contributed by atoms with Gasteiger partial charge >= 0.3 is 0 Å². The quantitative estimate of drug-likeness (QED) is 0.562. The van der Waals surface area contributed by atoms with Gasteiger partial charge in [0.15, 0.2) is 0 Å². The normalized spacial score (nSPS) is 16.6. The van der Waals surface area contributed by atoms with E-state index in [4.69, 9.17) is 0 Å². The maximum atomic E-state index is 11.4. The molecule has 0 heterocycles. The lowest BCUT2D eigenvalue weighted by Crippen LogP contribution is -2.47. The van der Waals surface area contributed by atoms with Crippen LogP contribution in [-0.4, -0.2) is 37.0 Å². The summed E-state index contributed by atoms with van der Waals surface area (Å²) in [6, 6.07) is 0.0510. The molecule has 0 spiro atoms. The molecule has 0 bridgehead atoms. The van der Waals surface area contributed by atoms with E-state index in [0.717, 1.165) is 19.3 Å². The van der Waals surface area contributed by atoms with Crippen LogP contribution in [-0.2, 0) is 9.59 Å². The summed E-state index contributed by atoms with van der Waals surface area (Å²) in [5.41, 5.74) is 0. The second-order valence-corrected chi connectivity index (χ2v) is 4.24. The van der Waals surface area contributed by atoms with E-state index in [2.05, 4.69) is 16.0 Å². The first-order valence-electron chi connectivity index (χ1n) is 5.94. The Balaban J connectivity index is 2.12. The van der Waals surface area contributed by atoms with Crippen LogP contribution in [0.1, 0.15) is 33.1 Å². The molecule has 0 saturated heterocycles. The van der Waals surface area contributed by atoms with E-state index in [1.807, 2.05) is 6.92 Å². The van der Waals surface area contributed by atoms with E-state index >= 15 is 0 Å². The number of carbonyl (C=O) groups excluding carboxylic acids is 2. The molecule has 1 atom stereocenters. The molecule has 0 aromatic rings. The molecule has 1 fully saturated rings. The van der Waals surface area contributed by atoms with Crippen molar-refractivity contribution >= 4 is 11.8 Å². The molecule has 1 aliphatic carbocycles. The van der Waals surface area contributed by atoms with Gasteiger partial charge in [-0.15, -0.1) is 0 Å². The molecule has 0 radical (unpaired) electrons. The van der Waals surface area contributed by atoms with E-state index in [1.165, 1.54) is 0 Å². The van der Waals surface area contributed by atoms with Gasteiger partial charge in [0, 0.05) is 12.6 Å². The predicted octanol–water partition coefficient (Wildman–Crippen LogP) is -0.231. The summed E-state index contributed by atoms with van der Waals surface area (Å²) in [4.78, 5) is 22.9. The average molecular weight is 227 g/mol. The van der Waals surface area contributed by atoms with Crippen LogP contribution in [0.5, 0.6) is 0 Å². The topological polar surface area (TPSA) is 70.2 Å². The van der Waals surface area contributed by atoms with Crippen molar-refractivity contribution in [2.24, 2.45) is 0 Å². The molecule has 1 unspecified atom stereocenters. The summed E-state index contributed by atoms with van der Waals surface area (Å²) in [7, 11) is 0. The van der Waals surface area contributed by atoms with Crippen molar-refractivity contribution in [2.75, 3.05) is 13.1 Å². The molecule has 1 aliphatic rings. The zero-order valence-corrected chi connectivity index (χ0v) is 10.0. The van der Waals surface area contributed by atoms with Crippen LogP contribution in [0.25, 0.3) is 0 Å². The van der Waals surface area contributed by atoms with E-state index in [9.17, 15) is 9.59 Å². The van der Waals surface area contributed by atoms with Gasteiger partial charge < -0.3 is 16.0 Å². The van der Waals surface area contributed by atoms with Crippen LogP contribution in [0.4, 0.5) is 0 Å². The zero-order chi connectivity index (χ0) is 12.0. The van der Waals surface area contributed by atoms with Gasteiger partial charge in [-0.25, -0.2) is 0 Å². The van der Waals surface area contributed by atoms with Crippen molar-refractivity contribution in [1.82, 2.24) is 16.0 Å². The third-order valence-electron chi connectivity index (χ3n) is 2.45. The summed E-state index contributed by atoms with van der Waals surface area (Å²) in [6.45, 7) is 4.64. The molecule has 0 aliphatic heterocycles. The Labute approximate surface area is 96.4 Å². The molecule has 5 heteroatoms. The largest absolute Gasteiger partial charge is 0.354 e. The molecule has 0 aromatic heterocycles. The van der Waals surface area contributed by atoms with E-state index < -0.39 is 6.04 Å². The molecule has 92 valence electrons. The van der Waals surface area contributed by atoms with E-state index in [1.54, 1.807) is 6.92 Å². The molecule has 1 rings (SSSR count). The maximum Gasteiger partial charge on any atom is 0.242 e. The lowest BCUT2D eigenvalue weighted by atomic mass is 10.3. The lowest BCUT2D eigenvalue weighted by molar-refractivity contribution is -0.128. The molecular weight excluding hydrogens is 206 g/mol. The first-order chi connectivity index (χ1) is 7.63. The first kappa shape index (κ1) is 13.0. The third-order valence-corrected chi connectivity index (χ3v) is 2.45. The van der Waals surface area contributed by atoms with Crippen molar-refractivity contribution in [1.29, 1.82) is 0 Å². The first-order valence-corrected chi connectivity index (χ1v) is 5.94. The Hall–Kier alpha value is -1.10. The Morgan fingerprint density at radius 1 is 1.38 bits per heavy atom. The van der Waals surface area contributed by atoms with Crippen molar-refractivity contribution < 1.29 is 9.59 Å². The second kappa shape index (κ2) is 6.48. The zero-order valence-electron chi connectivity index (χ0n) is 10.0. The Morgan fingerprint density at radius 3 is 2.62 bits per heavy atom.